The molecule has 3 aromatic rings. The van der Waals surface area contributed by atoms with Crippen LogP contribution in [0, 0.1) is 0 Å². The van der Waals surface area contributed by atoms with Crippen molar-refractivity contribution >= 4 is 22.6 Å². The first-order chi connectivity index (χ1) is 12.6. The number of para-hydroxylation sites is 2. The minimum Gasteiger partial charge on any atom is -0.460 e. The number of ether oxygens (including phenoxy) is 1. The average molecular weight is 353 g/mol. The molecule has 0 aliphatic carbocycles. The van der Waals surface area contributed by atoms with E-state index in [-0.39, 0.29) is 12.4 Å². The number of aliphatic hydroxyl groups excluding tert-OH is 1. The van der Waals surface area contributed by atoms with Crippen LogP contribution in [0.1, 0.15) is 30.0 Å². The van der Waals surface area contributed by atoms with Crippen LogP contribution in [0.25, 0.3) is 11.0 Å². The lowest BCUT2D eigenvalue weighted by atomic mass is 10.1. The summed E-state index contributed by atoms with van der Waals surface area (Å²) in [5, 5.41) is 10.8. The van der Waals surface area contributed by atoms with Crippen LogP contribution in [0.2, 0.25) is 0 Å². The first-order valence-electron chi connectivity index (χ1n) is 8.75. The Morgan fingerprint density at radius 2 is 1.85 bits per heavy atom. The number of rotatable bonds is 7. The summed E-state index contributed by atoms with van der Waals surface area (Å²) in [6, 6.07) is 17.4. The minimum atomic E-state index is -0.514. The zero-order valence-electron chi connectivity index (χ0n) is 15.0. The number of carbonyl (C=O) groups excluding carboxylic acids is 1. The fourth-order valence-electron chi connectivity index (χ4n) is 3.03. The standard InChI is InChI=1S/C21H23NO4/c1-3-25-21(24)20-18(17-11-7-8-12-19(17)26-20)14-22(13-15(2)23)16-9-5-4-6-10-16/h4-12,15,23H,3,13-14H2,1-2H3. The summed E-state index contributed by atoms with van der Waals surface area (Å²) in [5.41, 5.74) is 2.38. The van der Waals surface area contributed by atoms with Crippen molar-refractivity contribution in [2.24, 2.45) is 0 Å². The third kappa shape index (κ3) is 3.89. The van der Waals surface area contributed by atoms with Crippen LogP contribution in [-0.2, 0) is 11.3 Å². The summed E-state index contributed by atoms with van der Waals surface area (Å²) in [4.78, 5) is 14.4. The molecule has 0 amide bonds. The van der Waals surface area contributed by atoms with Gasteiger partial charge in [-0.2, -0.15) is 0 Å². The highest BCUT2D eigenvalue weighted by Crippen LogP contribution is 2.29. The van der Waals surface area contributed by atoms with Gasteiger partial charge in [-0.1, -0.05) is 36.4 Å². The maximum absolute atomic E-state index is 12.4. The van der Waals surface area contributed by atoms with Gasteiger partial charge in [-0.25, -0.2) is 4.79 Å². The lowest BCUT2D eigenvalue weighted by molar-refractivity contribution is 0.0491. The Labute approximate surface area is 152 Å². The van der Waals surface area contributed by atoms with Crippen molar-refractivity contribution in [1.82, 2.24) is 0 Å². The van der Waals surface area contributed by atoms with Gasteiger partial charge >= 0.3 is 5.97 Å². The smallest absolute Gasteiger partial charge is 0.374 e. The Bertz CT molecular complexity index is 870. The lowest BCUT2D eigenvalue weighted by Gasteiger charge is -2.26. The van der Waals surface area contributed by atoms with Crippen LogP contribution in [0.15, 0.2) is 59.0 Å². The number of benzene rings is 2. The number of carbonyl (C=O) groups is 1. The fourth-order valence-corrected chi connectivity index (χ4v) is 3.03. The summed E-state index contributed by atoms with van der Waals surface area (Å²) >= 11 is 0. The average Bonchev–Trinajstić information content (AvgIpc) is 3.00. The molecular weight excluding hydrogens is 330 g/mol. The van der Waals surface area contributed by atoms with E-state index in [2.05, 4.69) is 0 Å². The zero-order chi connectivity index (χ0) is 18.5. The number of hydrogen-bond donors (Lipinski definition) is 1. The van der Waals surface area contributed by atoms with Crippen molar-refractivity contribution < 1.29 is 19.1 Å². The van der Waals surface area contributed by atoms with E-state index in [1.165, 1.54) is 0 Å². The van der Waals surface area contributed by atoms with Gasteiger partial charge in [-0.15, -0.1) is 0 Å². The van der Waals surface area contributed by atoms with E-state index in [0.717, 1.165) is 16.6 Å². The lowest BCUT2D eigenvalue weighted by Crippen LogP contribution is -2.31. The predicted octanol–water partition coefficient (Wildman–Crippen LogP) is 4.00. The molecule has 1 N–H and O–H groups in total. The Kier molecular flexibility index (Phi) is 5.58. The number of nitrogens with zero attached hydrogens (tertiary/aromatic N) is 1. The molecule has 26 heavy (non-hydrogen) atoms. The van der Waals surface area contributed by atoms with E-state index in [0.29, 0.717) is 18.7 Å². The molecule has 5 nitrogen and oxygen atoms in total. The molecule has 0 saturated carbocycles. The summed E-state index contributed by atoms with van der Waals surface area (Å²) in [5.74, 6) is -0.247. The van der Waals surface area contributed by atoms with Gasteiger partial charge in [0.1, 0.15) is 5.58 Å². The van der Waals surface area contributed by atoms with Crippen LogP contribution in [-0.4, -0.2) is 30.3 Å². The van der Waals surface area contributed by atoms with Crippen molar-refractivity contribution in [2.75, 3.05) is 18.1 Å². The molecule has 0 spiro atoms. The molecule has 1 atom stereocenters. The highest BCUT2D eigenvalue weighted by Gasteiger charge is 2.24. The van der Waals surface area contributed by atoms with Crippen LogP contribution in [0.5, 0.6) is 0 Å². The zero-order valence-corrected chi connectivity index (χ0v) is 15.0. The SMILES string of the molecule is CCOC(=O)c1oc2ccccc2c1CN(CC(C)O)c1ccccc1. The van der Waals surface area contributed by atoms with Gasteiger partial charge in [-0.3, -0.25) is 0 Å². The summed E-state index contributed by atoms with van der Waals surface area (Å²) in [6.45, 7) is 4.66. The Morgan fingerprint density at radius 1 is 1.15 bits per heavy atom. The maximum atomic E-state index is 12.4. The molecule has 0 bridgehead atoms. The first kappa shape index (κ1) is 18.0. The Morgan fingerprint density at radius 3 is 2.54 bits per heavy atom. The molecule has 0 saturated heterocycles. The Balaban J connectivity index is 2.04. The van der Waals surface area contributed by atoms with E-state index < -0.39 is 12.1 Å². The van der Waals surface area contributed by atoms with Gasteiger partial charge in [0, 0.05) is 29.7 Å². The minimum absolute atomic E-state index is 0.222. The van der Waals surface area contributed by atoms with E-state index in [4.69, 9.17) is 9.15 Å². The number of hydrogen-bond acceptors (Lipinski definition) is 5. The van der Waals surface area contributed by atoms with E-state index >= 15 is 0 Å². The second-order valence-electron chi connectivity index (χ2n) is 6.19. The molecule has 0 radical (unpaired) electrons. The van der Waals surface area contributed by atoms with E-state index in [1.54, 1.807) is 13.8 Å². The van der Waals surface area contributed by atoms with E-state index in [9.17, 15) is 9.90 Å². The highest BCUT2D eigenvalue weighted by atomic mass is 16.5. The van der Waals surface area contributed by atoms with Crippen molar-refractivity contribution in [3.8, 4) is 0 Å². The maximum Gasteiger partial charge on any atom is 0.374 e. The van der Waals surface area contributed by atoms with Gasteiger partial charge in [0.15, 0.2) is 0 Å². The van der Waals surface area contributed by atoms with Gasteiger partial charge in [0.25, 0.3) is 0 Å². The van der Waals surface area contributed by atoms with E-state index in [1.807, 2.05) is 59.5 Å². The van der Waals surface area contributed by atoms with Crippen LogP contribution in [0.4, 0.5) is 5.69 Å². The largest absolute Gasteiger partial charge is 0.460 e. The summed E-state index contributed by atoms with van der Waals surface area (Å²) in [7, 11) is 0. The van der Waals surface area contributed by atoms with Gasteiger partial charge in [0.05, 0.1) is 12.7 Å². The van der Waals surface area contributed by atoms with Crippen molar-refractivity contribution in [1.29, 1.82) is 0 Å². The third-order valence-corrected chi connectivity index (χ3v) is 4.11. The van der Waals surface area contributed by atoms with Gasteiger partial charge in [-0.05, 0) is 32.0 Å². The second kappa shape index (κ2) is 8.06. The molecule has 1 aromatic heterocycles. The molecule has 1 unspecified atom stereocenters. The molecule has 0 aliphatic rings. The number of esters is 1. The third-order valence-electron chi connectivity index (χ3n) is 4.11. The number of furan rings is 1. The van der Waals surface area contributed by atoms with Gasteiger partial charge < -0.3 is 19.2 Å². The van der Waals surface area contributed by atoms with Crippen LogP contribution < -0.4 is 4.90 Å². The normalized spacial score (nSPS) is 12.1. The summed E-state index contributed by atoms with van der Waals surface area (Å²) < 4.78 is 11.0. The highest BCUT2D eigenvalue weighted by molar-refractivity contribution is 5.96. The molecular formula is C21H23NO4. The molecule has 136 valence electrons. The molecule has 2 aromatic carbocycles. The van der Waals surface area contributed by atoms with Crippen LogP contribution >= 0.6 is 0 Å². The fraction of sp³-hybridized carbons (Fsp3) is 0.286. The van der Waals surface area contributed by atoms with Gasteiger partial charge in [0.2, 0.25) is 5.76 Å². The quantitative estimate of drug-likeness (QED) is 0.651. The first-order valence-corrected chi connectivity index (χ1v) is 8.75. The molecule has 5 heteroatoms. The Hall–Kier alpha value is -2.79. The number of fused-ring (bicyclic) bond motifs is 1. The van der Waals surface area contributed by atoms with Crippen molar-refractivity contribution in [2.45, 2.75) is 26.5 Å². The predicted molar refractivity (Wildman–Crippen MR) is 101 cm³/mol. The molecule has 0 aliphatic heterocycles. The second-order valence-corrected chi connectivity index (χ2v) is 6.19. The molecule has 0 fully saturated rings. The topological polar surface area (TPSA) is 62.9 Å². The summed E-state index contributed by atoms with van der Waals surface area (Å²) in [6.07, 6.45) is -0.514. The molecule has 3 rings (SSSR count). The number of aliphatic hydroxyl groups is 1. The van der Waals surface area contributed by atoms with Crippen molar-refractivity contribution in [3.05, 3.63) is 65.9 Å². The molecule has 1 heterocycles. The van der Waals surface area contributed by atoms with Crippen LogP contribution in [0.3, 0.4) is 0 Å². The van der Waals surface area contributed by atoms with Crippen molar-refractivity contribution in [3.63, 3.8) is 0 Å². The monoisotopic (exact) mass is 353 g/mol. The number of anilines is 1.